The lowest BCUT2D eigenvalue weighted by molar-refractivity contribution is 0.0321. The lowest BCUT2D eigenvalue weighted by Gasteiger charge is -2.30. The predicted octanol–water partition coefficient (Wildman–Crippen LogP) is 5.80. The largest absolute Gasteiger partial charge is 0.444 e. The quantitative estimate of drug-likeness (QED) is 0.597. The molecule has 0 radical (unpaired) electrons. The minimum absolute atomic E-state index is 0.0183. The van der Waals surface area contributed by atoms with Gasteiger partial charge in [-0.25, -0.2) is 28.3 Å². The van der Waals surface area contributed by atoms with Gasteiger partial charge in [-0.3, -0.25) is 5.32 Å². The molecule has 0 bridgehead atoms. The molecular formula is C25H29F2N3O4. The third-order valence-corrected chi connectivity index (χ3v) is 4.65. The van der Waals surface area contributed by atoms with Gasteiger partial charge in [0.25, 0.3) is 0 Å². The molecule has 0 aromatic heterocycles. The summed E-state index contributed by atoms with van der Waals surface area (Å²) >= 11 is 0. The number of amides is 2. The van der Waals surface area contributed by atoms with Gasteiger partial charge in [0, 0.05) is 6.07 Å². The van der Waals surface area contributed by atoms with Crippen molar-refractivity contribution in [2.24, 2.45) is 4.99 Å². The summed E-state index contributed by atoms with van der Waals surface area (Å²) in [6.45, 7) is 10.6. The topological polar surface area (TPSA) is 80.2 Å². The van der Waals surface area contributed by atoms with Crippen LogP contribution in [0.3, 0.4) is 0 Å². The second-order valence-corrected chi connectivity index (χ2v) is 9.94. The molecule has 1 heterocycles. The maximum atomic E-state index is 13.6. The molecule has 1 aliphatic rings. The zero-order valence-corrected chi connectivity index (χ0v) is 20.1. The zero-order chi connectivity index (χ0) is 25.3. The minimum Gasteiger partial charge on any atom is -0.444 e. The highest BCUT2D eigenvalue weighted by Crippen LogP contribution is 2.30. The van der Waals surface area contributed by atoms with E-state index in [-0.39, 0.29) is 12.5 Å². The Morgan fingerprint density at radius 3 is 2.00 bits per heavy atom. The number of carbonyl (C=O) groups is 2. The van der Waals surface area contributed by atoms with Crippen LogP contribution >= 0.6 is 0 Å². The Kier molecular flexibility index (Phi) is 6.95. The summed E-state index contributed by atoms with van der Waals surface area (Å²) in [6, 6.07) is 9.63. The third-order valence-electron chi connectivity index (χ3n) is 4.65. The normalized spacial score (nSPS) is 16.2. The van der Waals surface area contributed by atoms with Crippen molar-refractivity contribution in [1.82, 2.24) is 10.2 Å². The molecule has 3 rings (SSSR count). The average molecular weight is 474 g/mol. The number of nitrogens with one attached hydrogen (secondary N) is 1. The van der Waals surface area contributed by atoms with Gasteiger partial charge in [0.1, 0.15) is 22.8 Å². The van der Waals surface area contributed by atoms with E-state index in [1.165, 1.54) is 17.0 Å². The van der Waals surface area contributed by atoms with Gasteiger partial charge in [0.15, 0.2) is 0 Å². The van der Waals surface area contributed by atoms with E-state index in [9.17, 15) is 18.4 Å². The Hall–Kier alpha value is -3.49. The van der Waals surface area contributed by atoms with E-state index >= 15 is 0 Å². The first kappa shape index (κ1) is 25.1. The first-order chi connectivity index (χ1) is 15.7. The fourth-order valence-electron chi connectivity index (χ4n) is 3.37. The molecule has 7 nitrogen and oxygen atoms in total. The van der Waals surface area contributed by atoms with Crippen LogP contribution in [0, 0.1) is 11.6 Å². The van der Waals surface area contributed by atoms with Gasteiger partial charge in [0.05, 0.1) is 12.6 Å². The summed E-state index contributed by atoms with van der Waals surface area (Å²) in [5, 5.41) is 2.53. The number of rotatable bonds is 2. The Balaban J connectivity index is 1.87. The fraction of sp³-hybridized carbons (Fsp3) is 0.400. The molecular weight excluding hydrogens is 444 g/mol. The first-order valence-electron chi connectivity index (χ1n) is 10.8. The highest BCUT2D eigenvalue weighted by atomic mass is 19.1. The molecule has 1 atom stereocenters. The number of benzene rings is 2. The average Bonchev–Trinajstić information content (AvgIpc) is 3.08. The molecule has 34 heavy (non-hydrogen) atoms. The smallest absolute Gasteiger partial charge is 0.417 e. The van der Waals surface area contributed by atoms with E-state index < -0.39 is 41.1 Å². The minimum atomic E-state index is -0.771. The summed E-state index contributed by atoms with van der Waals surface area (Å²) in [5.41, 5.74) is 0.203. The summed E-state index contributed by atoms with van der Waals surface area (Å²) in [7, 11) is 0. The van der Waals surface area contributed by atoms with Crippen molar-refractivity contribution >= 4 is 18.1 Å². The van der Waals surface area contributed by atoms with E-state index in [1.807, 2.05) is 0 Å². The van der Waals surface area contributed by atoms with Crippen molar-refractivity contribution in [3.63, 3.8) is 0 Å². The van der Waals surface area contributed by atoms with Gasteiger partial charge < -0.3 is 9.47 Å². The number of nitrogens with zero attached hydrogens (tertiary/aromatic N) is 2. The molecule has 1 N–H and O–H groups in total. The molecule has 2 amide bonds. The van der Waals surface area contributed by atoms with E-state index in [2.05, 4.69) is 10.3 Å². The number of halogens is 2. The standard InChI is InChI=1S/C25H29F2N3O4/c1-24(2,3)33-22(31)29-21-28-14-20(30(21)23(32)34-25(4,5)6)16-9-7-15(8-10-16)17-11-18(26)13-19(27)12-17/h7-13,20H,14H2,1-6H3,(H,28,29,31). The van der Waals surface area contributed by atoms with Gasteiger partial charge in [-0.05, 0) is 70.4 Å². The molecule has 0 aliphatic carbocycles. The van der Waals surface area contributed by atoms with Gasteiger partial charge >= 0.3 is 12.2 Å². The number of aliphatic imine (C=N–C) groups is 1. The van der Waals surface area contributed by atoms with Crippen LogP contribution in [0.4, 0.5) is 18.4 Å². The van der Waals surface area contributed by atoms with E-state index in [1.54, 1.807) is 65.8 Å². The Morgan fingerprint density at radius 1 is 0.912 bits per heavy atom. The van der Waals surface area contributed by atoms with Gasteiger partial charge in [-0.1, -0.05) is 24.3 Å². The van der Waals surface area contributed by atoms with Crippen molar-refractivity contribution < 1.29 is 27.8 Å². The SMILES string of the molecule is CC(C)(C)OC(=O)NC1=NCC(c2ccc(-c3cc(F)cc(F)c3)cc2)N1C(=O)OC(C)(C)C. The second-order valence-electron chi connectivity index (χ2n) is 9.94. The van der Waals surface area contributed by atoms with Crippen molar-refractivity contribution in [3.8, 4) is 11.1 Å². The van der Waals surface area contributed by atoms with Gasteiger partial charge in [-0.15, -0.1) is 0 Å². The van der Waals surface area contributed by atoms with Crippen molar-refractivity contribution in [1.29, 1.82) is 0 Å². The molecule has 182 valence electrons. The molecule has 2 aromatic rings. The van der Waals surface area contributed by atoms with Gasteiger partial charge in [0.2, 0.25) is 5.96 Å². The van der Waals surface area contributed by atoms with Crippen molar-refractivity contribution in [2.75, 3.05) is 6.54 Å². The van der Waals surface area contributed by atoms with Crippen molar-refractivity contribution in [2.45, 2.75) is 58.8 Å². The Labute approximate surface area is 197 Å². The van der Waals surface area contributed by atoms with Gasteiger partial charge in [-0.2, -0.15) is 0 Å². The van der Waals surface area contributed by atoms with Crippen LogP contribution in [0.25, 0.3) is 11.1 Å². The maximum Gasteiger partial charge on any atom is 0.417 e. The lowest BCUT2D eigenvalue weighted by Crippen LogP contribution is -2.48. The third kappa shape index (κ3) is 6.52. The highest BCUT2D eigenvalue weighted by Gasteiger charge is 2.38. The fourth-order valence-corrected chi connectivity index (χ4v) is 3.37. The summed E-state index contributed by atoms with van der Waals surface area (Å²) in [6.07, 6.45) is -1.43. The molecule has 2 aromatic carbocycles. The van der Waals surface area contributed by atoms with E-state index in [4.69, 9.17) is 9.47 Å². The highest BCUT2D eigenvalue weighted by molar-refractivity contribution is 6.02. The van der Waals surface area contributed by atoms with Crippen LogP contribution in [0.15, 0.2) is 47.5 Å². The van der Waals surface area contributed by atoms with E-state index in [0.717, 1.165) is 6.07 Å². The predicted molar refractivity (Wildman–Crippen MR) is 124 cm³/mol. The molecule has 1 unspecified atom stereocenters. The second kappa shape index (κ2) is 9.40. The first-order valence-corrected chi connectivity index (χ1v) is 10.8. The van der Waals surface area contributed by atoms with Crippen LogP contribution < -0.4 is 5.32 Å². The van der Waals surface area contributed by atoms with E-state index in [0.29, 0.717) is 16.7 Å². The number of alkyl carbamates (subject to hydrolysis) is 1. The molecule has 9 heteroatoms. The summed E-state index contributed by atoms with van der Waals surface area (Å²) < 4.78 is 38.0. The number of guanidine groups is 1. The van der Waals surface area contributed by atoms with Crippen LogP contribution in [0.2, 0.25) is 0 Å². The Morgan fingerprint density at radius 2 is 1.47 bits per heavy atom. The Bertz CT molecular complexity index is 1080. The van der Waals surface area contributed by atoms with Crippen molar-refractivity contribution in [3.05, 3.63) is 59.7 Å². The van der Waals surface area contributed by atoms with Crippen LogP contribution in [0.1, 0.15) is 53.1 Å². The molecule has 0 fully saturated rings. The number of hydrogen-bond acceptors (Lipinski definition) is 5. The maximum absolute atomic E-state index is 13.6. The number of ether oxygens (including phenoxy) is 2. The van der Waals surface area contributed by atoms with Crippen LogP contribution in [0.5, 0.6) is 0 Å². The molecule has 1 aliphatic heterocycles. The van der Waals surface area contributed by atoms with Crippen LogP contribution in [-0.2, 0) is 9.47 Å². The number of hydrogen-bond donors (Lipinski definition) is 1. The molecule has 0 saturated carbocycles. The van der Waals surface area contributed by atoms with Crippen LogP contribution in [-0.4, -0.2) is 40.8 Å². The monoisotopic (exact) mass is 473 g/mol. The summed E-state index contributed by atoms with van der Waals surface area (Å²) in [5.74, 6) is -1.32. The zero-order valence-electron chi connectivity index (χ0n) is 20.1. The number of carbonyl (C=O) groups excluding carboxylic acids is 2. The molecule has 0 saturated heterocycles. The molecule has 0 spiro atoms. The summed E-state index contributed by atoms with van der Waals surface area (Å²) in [4.78, 5) is 30.9. The lowest BCUT2D eigenvalue weighted by atomic mass is 10.0.